The van der Waals surface area contributed by atoms with E-state index in [0.29, 0.717) is 0 Å². The predicted molar refractivity (Wildman–Crippen MR) is 141 cm³/mol. The fraction of sp³-hybridized carbons (Fsp3) is 0.172. The van der Waals surface area contributed by atoms with Crippen molar-refractivity contribution in [3.63, 3.8) is 0 Å². The van der Waals surface area contributed by atoms with Crippen LogP contribution in [0, 0.1) is 0 Å². The first-order chi connectivity index (χ1) is 15.4. The molecule has 0 amide bonds. The molecule has 0 radical (unpaired) electrons. The van der Waals surface area contributed by atoms with Crippen molar-refractivity contribution in [2.45, 2.75) is 18.7 Å². The predicted octanol–water partition coefficient (Wildman–Crippen LogP) is 7.39. The molecule has 0 saturated heterocycles. The van der Waals surface area contributed by atoms with E-state index in [1.54, 1.807) is 0 Å². The molecule has 0 N–H and O–H groups in total. The van der Waals surface area contributed by atoms with E-state index in [1.165, 1.54) is 52.8 Å². The molecule has 2 unspecified atom stereocenters. The standard InChI is InChI=1S/C29H30P2/c1-5-14-26(15-6-1)24-30(28-18-9-3-10-19-28)22-13-23-31(29-20-11-4-12-21-29)25-27-16-7-2-8-17-27/h1-12,14-21H,13,22-25H2. The average Bonchev–Trinajstić information content (AvgIpc) is 2.85. The van der Waals surface area contributed by atoms with Gasteiger partial charge in [-0.1, -0.05) is 137 Å². The van der Waals surface area contributed by atoms with E-state index < -0.39 is 0 Å². The molecule has 0 aliphatic heterocycles. The summed E-state index contributed by atoms with van der Waals surface area (Å²) in [6.45, 7) is 0. The summed E-state index contributed by atoms with van der Waals surface area (Å²) in [5.74, 6) is 0. The van der Waals surface area contributed by atoms with Crippen molar-refractivity contribution in [2.75, 3.05) is 12.3 Å². The summed E-state index contributed by atoms with van der Waals surface area (Å²) in [5.41, 5.74) is 2.93. The molecule has 4 aromatic rings. The Morgan fingerprint density at radius 3 is 1.06 bits per heavy atom. The number of benzene rings is 4. The van der Waals surface area contributed by atoms with Crippen LogP contribution in [0.3, 0.4) is 0 Å². The largest absolute Gasteiger partial charge is 0.0708 e. The fourth-order valence-electron chi connectivity index (χ4n) is 3.94. The van der Waals surface area contributed by atoms with Crippen LogP contribution >= 0.6 is 15.8 Å². The van der Waals surface area contributed by atoms with Gasteiger partial charge in [-0.15, -0.1) is 0 Å². The van der Waals surface area contributed by atoms with E-state index in [2.05, 4.69) is 121 Å². The zero-order chi connectivity index (χ0) is 21.1. The summed E-state index contributed by atoms with van der Waals surface area (Å²) >= 11 is 0. The van der Waals surface area contributed by atoms with E-state index in [4.69, 9.17) is 0 Å². The number of hydrogen-bond acceptors (Lipinski definition) is 0. The lowest BCUT2D eigenvalue weighted by Gasteiger charge is -2.22. The van der Waals surface area contributed by atoms with Gasteiger partial charge in [0.15, 0.2) is 0 Å². The highest BCUT2D eigenvalue weighted by Gasteiger charge is 2.15. The Hall–Kier alpha value is -2.26. The third kappa shape index (κ3) is 6.87. The smallest absolute Gasteiger partial charge is 0.00328 e. The molecule has 2 heteroatoms. The molecule has 0 aliphatic carbocycles. The van der Waals surface area contributed by atoms with Gasteiger partial charge in [-0.3, -0.25) is 0 Å². The summed E-state index contributed by atoms with van der Waals surface area (Å²) < 4.78 is 0. The van der Waals surface area contributed by atoms with Gasteiger partial charge in [-0.2, -0.15) is 0 Å². The van der Waals surface area contributed by atoms with Gasteiger partial charge in [0.05, 0.1) is 0 Å². The van der Waals surface area contributed by atoms with Crippen LogP contribution in [0.1, 0.15) is 17.5 Å². The van der Waals surface area contributed by atoms with Gasteiger partial charge in [0.1, 0.15) is 0 Å². The van der Waals surface area contributed by atoms with E-state index in [0.717, 1.165) is 0 Å². The Morgan fingerprint density at radius 2 is 0.710 bits per heavy atom. The molecule has 0 bridgehead atoms. The normalized spacial score (nSPS) is 12.9. The summed E-state index contributed by atoms with van der Waals surface area (Å²) in [6.07, 6.45) is 6.26. The van der Waals surface area contributed by atoms with Crippen molar-refractivity contribution in [3.05, 3.63) is 132 Å². The topological polar surface area (TPSA) is 0 Å². The molecule has 4 rings (SSSR count). The Labute approximate surface area is 189 Å². The SMILES string of the molecule is c1ccc(CP(CCCP(Cc2ccccc2)c2ccccc2)c2ccccc2)cc1. The van der Waals surface area contributed by atoms with Gasteiger partial charge in [0.2, 0.25) is 0 Å². The van der Waals surface area contributed by atoms with Gasteiger partial charge in [-0.05, 0) is 52.8 Å². The van der Waals surface area contributed by atoms with Gasteiger partial charge in [0, 0.05) is 0 Å². The number of rotatable bonds is 10. The second kappa shape index (κ2) is 12.0. The maximum absolute atomic E-state index is 2.33. The van der Waals surface area contributed by atoms with Gasteiger partial charge in [-0.25, -0.2) is 0 Å². The highest BCUT2D eigenvalue weighted by molar-refractivity contribution is 7.65. The summed E-state index contributed by atoms with van der Waals surface area (Å²) in [6, 6.07) is 44.4. The summed E-state index contributed by atoms with van der Waals surface area (Å²) in [4.78, 5) is 0. The summed E-state index contributed by atoms with van der Waals surface area (Å²) in [5, 5.41) is 3.07. The van der Waals surface area contributed by atoms with E-state index >= 15 is 0 Å². The van der Waals surface area contributed by atoms with E-state index in [1.807, 2.05) is 0 Å². The third-order valence-electron chi connectivity index (χ3n) is 5.53. The molecule has 31 heavy (non-hydrogen) atoms. The molecule has 0 nitrogen and oxygen atoms in total. The Morgan fingerprint density at radius 1 is 0.387 bits per heavy atom. The summed E-state index contributed by atoms with van der Waals surface area (Å²) in [7, 11) is -0.361. The first kappa shape index (κ1) is 22.0. The van der Waals surface area contributed by atoms with E-state index in [9.17, 15) is 0 Å². The van der Waals surface area contributed by atoms with Crippen LogP contribution in [0.4, 0.5) is 0 Å². The van der Waals surface area contributed by atoms with Gasteiger partial charge < -0.3 is 0 Å². The minimum absolute atomic E-state index is 0.181. The number of hydrogen-bond donors (Lipinski definition) is 0. The van der Waals surface area contributed by atoms with Crippen molar-refractivity contribution in [2.24, 2.45) is 0 Å². The molecule has 4 aromatic carbocycles. The maximum Gasteiger partial charge on any atom is -0.00328 e. The second-order valence-electron chi connectivity index (χ2n) is 7.84. The molecule has 156 valence electrons. The Balaban J connectivity index is 1.45. The first-order valence-corrected chi connectivity index (χ1v) is 14.5. The van der Waals surface area contributed by atoms with E-state index in [-0.39, 0.29) is 15.8 Å². The Bertz CT molecular complexity index is 917. The second-order valence-corrected chi connectivity index (χ2v) is 12.6. The van der Waals surface area contributed by atoms with Crippen LogP contribution in [0.25, 0.3) is 0 Å². The van der Waals surface area contributed by atoms with Crippen LogP contribution in [-0.2, 0) is 12.3 Å². The zero-order valence-electron chi connectivity index (χ0n) is 18.0. The lowest BCUT2D eigenvalue weighted by atomic mass is 10.2. The monoisotopic (exact) mass is 440 g/mol. The quantitative estimate of drug-likeness (QED) is 0.226. The van der Waals surface area contributed by atoms with Crippen molar-refractivity contribution >= 4 is 26.5 Å². The Kier molecular flexibility index (Phi) is 8.46. The molecule has 0 spiro atoms. The molecule has 0 aliphatic rings. The van der Waals surface area contributed by atoms with Crippen molar-refractivity contribution in [3.8, 4) is 0 Å². The van der Waals surface area contributed by atoms with Crippen molar-refractivity contribution < 1.29 is 0 Å². The lowest BCUT2D eigenvalue weighted by Crippen LogP contribution is -2.09. The van der Waals surface area contributed by atoms with Crippen LogP contribution in [0.5, 0.6) is 0 Å². The van der Waals surface area contributed by atoms with Crippen LogP contribution in [-0.4, -0.2) is 12.3 Å². The van der Waals surface area contributed by atoms with Gasteiger partial charge in [0.25, 0.3) is 0 Å². The highest BCUT2D eigenvalue weighted by Crippen LogP contribution is 2.44. The van der Waals surface area contributed by atoms with Crippen molar-refractivity contribution in [1.29, 1.82) is 0 Å². The molecule has 0 aromatic heterocycles. The van der Waals surface area contributed by atoms with Crippen LogP contribution < -0.4 is 10.6 Å². The molecular formula is C29H30P2. The third-order valence-corrected chi connectivity index (χ3v) is 10.8. The zero-order valence-corrected chi connectivity index (χ0v) is 19.8. The minimum atomic E-state index is -0.181. The molecule has 0 saturated carbocycles. The molecule has 2 atom stereocenters. The molecule has 0 heterocycles. The fourth-order valence-corrected chi connectivity index (χ4v) is 8.95. The minimum Gasteiger partial charge on any atom is -0.0708 e. The first-order valence-electron chi connectivity index (χ1n) is 11.1. The van der Waals surface area contributed by atoms with Crippen molar-refractivity contribution in [1.82, 2.24) is 0 Å². The average molecular weight is 441 g/mol. The molecule has 0 fully saturated rings. The highest BCUT2D eigenvalue weighted by atomic mass is 31.1. The van der Waals surface area contributed by atoms with Crippen LogP contribution in [0.2, 0.25) is 0 Å². The van der Waals surface area contributed by atoms with Crippen LogP contribution in [0.15, 0.2) is 121 Å². The molecular weight excluding hydrogens is 410 g/mol. The maximum atomic E-state index is 2.33. The van der Waals surface area contributed by atoms with Gasteiger partial charge >= 0.3 is 0 Å². The lowest BCUT2D eigenvalue weighted by molar-refractivity contribution is 1.09.